The van der Waals surface area contributed by atoms with Gasteiger partial charge in [-0.3, -0.25) is 14.9 Å². The van der Waals surface area contributed by atoms with Crippen molar-refractivity contribution in [2.24, 2.45) is 5.92 Å². The van der Waals surface area contributed by atoms with E-state index in [0.29, 0.717) is 13.0 Å². The first-order valence-corrected chi connectivity index (χ1v) is 8.46. The Morgan fingerprint density at radius 3 is 2.87 bits per heavy atom. The highest BCUT2D eigenvalue weighted by Crippen LogP contribution is 2.49. The summed E-state index contributed by atoms with van der Waals surface area (Å²) < 4.78 is 1.01. The maximum Gasteiger partial charge on any atom is 0.322 e. The van der Waals surface area contributed by atoms with E-state index in [0.717, 1.165) is 10.9 Å². The zero-order valence-electron chi connectivity index (χ0n) is 12.3. The molecule has 1 aliphatic carbocycles. The van der Waals surface area contributed by atoms with Crippen LogP contribution in [0.5, 0.6) is 0 Å². The number of urea groups is 1. The lowest BCUT2D eigenvalue weighted by Gasteiger charge is -2.21. The third-order valence-corrected chi connectivity index (χ3v) is 5.47. The Morgan fingerprint density at radius 1 is 1.35 bits per heavy atom. The second-order valence-electron chi connectivity index (χ2n) is 6.50. The van der Waals surface area contributed by atoms with Crippen molar-refractivity contribution in [2.45, 2.75) is 24.3 Å². The van der Waals surface area contributed by atoms with Crippen molar-refractivity contribution < 1.29 is 14.4 Å². The van der Waals surface area contributed by atoms with E-state index in [1.165, 1.54) is 5.56 Å². The summed E-state index contributed by atoms with van der Waals surface area (Å²) in [5, 5.41) is 4.94. The van der Waals surface area contributed by atoms with E-state index in [4.69, 9.17) is 0 Å². The Morgan fingerprint density at radius 2 is 2.17 bits per heavy atom. The number of imide groups is 1. The summed E-state index contributed by atoms with van der Waals surface area (Å²) in [7, 11) is 0. The molecule has 1 spiro atoms. The molecule has 120 valence electrons. The van der Waals surface area contributed by atoms with Gasteiger partial charge in [-0.05, 0) is 36.5 Å². The number of nitrogens with zero attached hydrogens (tertiary/aromatic N) is 1. The molecule has 0 unspecified atom stereocenters. The van der Waals surface area contributed by atoms with Crippen molar-refractivity contribution in [3.63, 3.8) is 0 Å². The highest BCUT2D eigenvalue weighted by Gasteiger charge is 2.54. The van der Waals surface area contributed by atoms with Crippen LogP contribution in [-0.2, 0) is 9.59 Å². The fourth-order valence-corrected chi connectivity index (χ4v) is 4.04. The summed E-state index contributed by atoms with van der Waals surface area (Å²) in [6.07, 6.45) is 1.32. The molecule has 3 atom stereocenters. The van der Waals surface area contributed by atoms with E-state index >= 15 is 0 Å². The number of hydrogen-bond acceptors (Lipinski definition) is 3. The summed E-state index contributed by atoms with van der Waals surface area (Å²) >= 11 is 3.45. The molecule has 2 aliphatic heterocycles. The van der Waals surface area contributed by atoms with Crippen molar-refractivity contribution in [2.75, 3.05) is 13.1 Å². The molecule has 0 radical (unpaired) electrons. The second kappa shape index (κ2) is 5.06. The molecule has 0 aromatic heterocycles. The highest BCUT2D eigenvalue weighted by molar-refractivity contribution is 9.10. The number of carbonyl (C=O) groups is 3. The summed E-state index contributed by atoms with van der Waals surface area (Å²) in [5.74, 6) is 0.00102. The van der Waals surface area contributed by atoms with Gasteiger partial charge in [-0.1, -0.05) is 28.1 Å². The van der Waals surface area contributed by atoms with Crippen LogP contribution < -0.4 is 10.6 Å². The minimum Gasteiger partial charge on any atom is -0.339 e. The minimum absolute atomic E-state index is 0.0142. The van der Waals surface area contributed by atoms with E-state index in [2.05, 4.69) is 26.6 Å². The summed E-state index contributed by atoms with van der Waals surface area (Å²) in [6, 6.07) is 7.56. The maximum absolute atomic E-state index is 12.7. The molecule has 6 nitrogen and oxygen atoms in total. The van der Waals surface area contributed by atoms with Gasteiger partial charge in [-0.15, -0.1) is 0 Å². The number of halogens is 1. The van der Waals surface area contributed by atoms with Gasteiger partial charge in [0.05, 0.1) is 6.54 Å². The molecule has 3 aliphatic rings. The SMILES string of the molecule is O=C1NC(=O)[C@]2(CCN(C(=O)[C@@H]3C[C@H]3c3cccc(Br)c3)C2)N1. The van der Waals surface area contributed by atoms with Gasteiger partial charge in [0.25, 0.3) is 5.91 Å². The molecule has 1 aromatic rings. The maximum atomic E-state index is 12.7. The van der Waals surface area contributed by atoms with E-state index in [-0.39, 0.29) is 30.2 Å². The molecular formula is C16H16BrN3O3. The van der Waals surface area contributed by atoms with Gasteiger partial charge in [0.2, 0.25) is 5.91 Å². The topological polar surface area (TPSA) is 78.5 Å². The lowest BCUT2D eigenvalue weighted by Crippen LogP contribution is -2.49. The van der Waals surface area contributed by atoms with Crippen LogP contribution >= 0.6 is 15.9 Å². The molecule has 2 N–H and O–H groups in total. The largest absolute Gasteiger partial charge is 0.339 e. The van der Waals surface area contributed by atoms with Gasteiger partial charge in [0.1, 0.15) is 5.54 Å². The summed E-state index contributed by atoms with van der Waals surface area (Å²) in [5.41, 5.74) is 0.242. The smallest absolute Gasteiger partial charge is 0.322 e. The predicted octanol–water partition coefficient (Wildman–Crippen LogP) is 1.36. The van der Waals surface area contributed by atoms with Gasteiger partial charge in [-0.2, -0.15) is 0 Å². The van der Waals surface area contributed by atoms with Gasteiger partial charge in [-0.25, -0.2) is 4.79 Å². The van der Waals surface area contributed by atoms with E-state index in [1.54, 1.807) is 4.90 Å². The van der Waals surface area contributed by atoms with Crippen molar-refractivity contribution in [3.05, 3.63) is 34.3 Å². The third kappa shape index (κ3) is 2.43. The van der Waals surface area contributed by atoms with Crippen LogP contribution in [0, 0.1) is 5.92 Å². The van der Waals surface area contributed by atoms with Crippen LogP contribution in [0.1, 0.15) is 24.3 Å². The quantitative estimate of drug-likeness (QED) is 0.763. The van der Waals surface area contributed by atoms with Crippen LogP contribution in [0.25, 0.3) is 0 Å². The molecule has 3 fully saturated rings. The fourth-order valence-electron chi connectivity index (χ4n) is 3.62. The Balaban J connectivity index is 1.44. The molecule has 0 bridgehead atoms. The number of carbonyl (C=O) groups excluding carboxylic acids is 3. The number of nitrogens with one attached hydrogen (secondary N) is 2. The zero-order chi connectivity index (χ0) is 16.2. The van der Waals surface area contributed by atoms with Crippen molar-refractivity contribution in [1.82, 2.24) is 15.5 Å². The average molecular weight is 378 g/mol. The standard InChI is InChI=1S/C16H16BrN3O3/c17-10-3-1-2-9(6-10)11-7-12(11)13(21)20-5-4-16(8-20)14(22)18-15(23)19-16/h1-3,6,11-12H,4-5,7-8H2,(H2,18,19,22,23)/t11-,12+,16+/m0/s1. The van der Waals surface area contributed by atoms with E-state index in [1.807, 2.05) is 24.3 Å². The first kappa shape index (κ1) is 14.7. The van der Waals surface area contributed by atoms with Crippen LogP contribution in [-0.4, -0.2) is 41.4 Å². The Labute approximate surface area is 141 Å². The number of likely N-dealkylation sites (tertiary alicyclic amines) is 1. The van der Waals surface area contributed by atoms with Crippen LogP contribution in [0.2, 0.25) is 0 Å². The van der Waals surface area contributed by atoms with Gasteiger partial charge in [0.15, 0.2) is 0 Å². The molecule has 1 saturated carbocycles. The van der Waals surface area contributed by atoms with Gasteiger partial charge >= 0.3 is 6.03 Å². The zero-order valence-corrected chi connectivity index (χ0v) is 13.9. The molecule has 4 rings (SSSR count). The van der Waals surface area contributed by atoms with E-state index < -0.39 is 11.6 Å². The average Bonchev–Trinajstić information content (AvgIpc) is 3.12. The molecule has 23 heavy (non-hydrogen) atoms. The number of amides is 4. The Kier molecular flexibility index (Phi) is 3.23. The Hall–Kier alpha value is -1.89. The molecule has 7 heteroatoms. The first-order valence-electron chi connectivity index (χ1n) is 7.66. The van der Waals surface area contributed by atoms with Crippen molar-refractivity contribution in [3.8, 4) is 0 Å². The van der Waals surface area contributed by atoms with Crippen LogP contribution in [0.15, 0.2) is 28.7 Å². The van der Waals surface area contributed by atoms with Crippen LogP contribution in [0.4, 0.5) is 4.79 Å². The van der Waals surface area contributed by atoms with Crippen LogP contribution in [0.3, 0.4) is 0 Å². The molecule has 2 heterocycles. The monoisotopic (exact) mass is 377 g/mol. The minimum atomic E-state index is -0.924. The van der Waals surface area contributed by atoms with Crippen molar-refractivity contribution >= 4 is 33.8 Å². The highest BCUT2D eigenvalue weighted by atomic mass is 79.9. The predicted molar refractivity (Wildman–Crippen MR) is 85.6 cm³/mol. The fraction of sp³-hybridized carbons (Fsp3) is 0.438. The molecule has 4 amide bonds. The third-order valence-electron chi connectivity index (χ3n) is 4.98. The molecule has 1 aromatic carbocycles. The van der Waals surface area contributed by atoms with Gasteiger partial charge < -0.3 is 10.2 Å². The number of rotatable bonds is 2. The summed E-state index contributed by atoms with van der Waals surface area (Å²) in [4.78, 5) is 37.7. The Bertz CT molecular complexity index is 722. The first-order chi connectivity index (χ1) is 11.0. The van der Waals surface area contributed by atoms with Crippen molar-refractivity contribution in [1.29, 1.82) is 0 Å². The molecular weight excluding hydrogens is 362 g/mol. The normalized spacial score (nSPS) is 32.1. The lowest BCUT2D eigenvalue weighted by molar-refractivity contribution is -0.132. The lowest BCUT2D eigenvalue weighted by atomic mass is 9.99. The number of hydrogen-bond donors (Lipinski definition) is 2. The summed E-state index contributed by atoms with van der Waals surface area (Å²) in [6.45, 7) is 0.777. The molecule has 2 saturated heterocycles. The number of benzene rings is 1. The van der Waals surface area contributed by atoms with Gasteiger partial charge in [0, 0.05) is 16.9 Å². The van der Waals surface area contributed by atoms with E-state index in [9.17, 15) is 14.4 Å². The second-order valence-corrected chi connectivity index (χ2v) is 7.42.